The Balaban J connectivity index is 2.38. The molecule has 2 aromatic heterocycles. The first-order valence-corrected chi connectivity index (χ1v) is 6.42. The molecule has 2 aromatic rings. The maximum atomic E-state index is 9.00. The molecular weight excluding hydrogens is 254 g/mol. The summed E-state index contributed by atoms with van der Waals surface area (Å²) in [5.41, 5.74) is 0.820. The van der Waals surface area contributed by atoms with E-state index in [1.807, 2.05) is 25.1 Å². The number of halogens is 1. The van der Waals surface area contributed by atoms with Gasteiger partial charge in [0.15, 0.2) is 0 Å². The van der Waals surface area contributed by atoms with Crippen LogP contribution in [0.1, 0.15) is 25.1 Å². The Kier molecular flexibility index (Phi) is 3.72. The molecule has 2 heterocycles. The number of nitriles is 1. The Labute approximate surface area is 109 Å². The van der Waals surface area contributed by atoms with E-state index in [-0.39, 0.29) is 5.92 Å². The van der Waals surface area contributed by atoms with Crippen LogP contribution in [0, 0.1) is 11.3 Å². The molecule has 0 spiro atoms. The molecule has 0 aromatic carbocycles. The van der Waals surface area contributed by atoms with Crippen LogP contribution < -0.4 is 0 Å². The Bertz CT molecular complexity index is 559. The molecule has 1 unspecified atom stereocenters. The summed E-state index contributed by atoms with van der Waals surface area (Å²) in [7, 11) is 0. The van der Waals surface area contributed by atoms with Crippen molar-refractivity contribution in [3.63, 3.8) is 0 Å². The molecule has 86 valence electrons. The van der Waals surface area contributed by atoms with Crippen molar-refractivity contribution in [2.75, 3.05) is 0 Å². The summed E-state index contributed by atoms with van der Waals surface area (Å²) in [5.74, 6) is 0.336. The lowest BCUT2D eigenvalue weighted by molar-refractivity contribution is 0.752. The fourth-order valence-electron chi connectivity index (χ4n) is 1.46. The van der Waals surface area contributed by atoms with Gasteiger partial charge >= 0.3 is 0 Å². The normalized spacial score (nSPS) is 12.1. The van der Waals surface area contributed by atoms with Gasteiger partial charge in [0.25, 0.3) is 0 Å². The Morgan fingerprint density at radius 3 is 2.88 bits per heavy atom. The van der Waals surface area contributed by atoms with Crippen LogP contribution in [0.25, 0.3) is 10.6 Å². The van der Waals surface area contributed by atoms with Gasteiger partial charge in [-0.05, 0) is 24.6 Å². The van der Waals surface area contributed by atoms with E-state index in [4.69, 9.17) is 16.9 Å². The highest BCUT2D eigenvalue weighted by atomic mass is 35.5. The molecule has 17 heavy (non-hydrogen) atoms. The van der Waals surface area contributed by atoms with Gasteiger partial charge in [0.2, 0.25) is 0 Å². The van der Waals surface area contributed by atoms with Gasteiger partial charge in [0, 0.05) is 6.20 Å². The number of hydrogen-bond acceptors (Lipinski definition) is 4. The van der Waals surface area contributed by atoms with Gasteiger partial charge in [-0.1, -0.05) is 18.5 Å². The van der Waals surface area contributed by atoms with Crippen LogP contribution in [0.4, 0.5) is 0 Å². The molecule has 0 aliphatic rings. The van der Waals surface area contributed by atoms with Crippen LogP contribution >= 0.6 is 22.9 Å². The summed E-state index contributed by atoms with van der Waals surface area (Å²) in [4.78, 5) is 9.56. The van der Waals surface area contributed by atoms with Gasteiger partial charge in [-0.25, -0.2) is 9.97 Å². The predicted octanol–water partition coefficient (Wildman–Crippen LogP) is 3.88. The molecule has 1 atom stereocenters. The van der Waals surface area contributed by atoms with Crippen molar-refractivity contribution in [2.45, 2.75) is 19.3 Å². The number of aromatic nitrogens is 2. The van der Waals surface area contributed by atoms with Crippen molar-refractivity contribution in [3.8, 4) is 16.6 Å². The molecule has 5 heteroatoms. The third-order valence-corrected chi connectivity index (χ3v) is 3.63. The standard InChI is InChI=1S/C12H10ClN3S/c1-2-8(7-14)12-15-6-5-9(16-12)10-3-4-11(13)17-10/h3-6,8H,2H2,1H3. The Hall–Kier alpha value is -1.44. The summed E-state index contributed by atoms with van der Waals surface area (Å²) in [6.07, 6.45) is 2.40. The smallest absolute Gasteiger partial charge is 0.146 e. The van der Waals surface area contributed by atoms with Crippen molar-refractivity contribution < 1.29 is 0 Å². The lowest BCUT2D eigenvalue weighted by Crippen LogP contribution is -2.01. The zero-order chi connectivity index (χ0) is 12.3. The van der Waals surface area contributed by atoms with Crippen LogP contribution in [-0.4, -0.2) is 9.97 Å². The average molecular weight is 264 g/mol. The molecule has 0 aliphatic heterocycles. The van der Waals surface area contributed by atoms with Gasteiger partial charge in [0.05, 0.1) is 21.0 Å². The van der Waals surface area contributed by atoms with Crippen molar-refractivity contribution in [1.82, 2.24) is 9.97 Å². The lowest BCUT2D eigenvalue weighted by Gasteiger charge is -2.05. The molecule has 0 saturated heterocycles. The minimum absolute atomic E-state index is 0.245. The summed E-state index contributed by atoms with van der Waals surface area (Å²) in [6.45, 7) is 1.95. The SMILES string of the molecule is CCC(C#N)c1nccc(-c2ccc(Cl)s2)n1. The van der Waals surface area contributed by atoms with Crippen LogP contribution in [0.3, 0.4) is 0 Å². The van der Waals surface area contributed by atoms with Crippen LogP contribution in [0.5, 0.6) is 0 Å². The molecular formula is C12H10ClN3S. The zero-order valence-electron chi connectivity index (χ0n) is 9.22. The first kappa shape index (κ1) is 12.0. The average Bonchev–Trinajstić information content (AvgIpc) is 2.78. The number of thiophene rings is 1. The van der Waals surface area contributed by atoms with Crippen molar-refractivity contribution >= 4 is 22.9 Å². The topological polar surface area (TPSA) is 49.6 Å². The fraction of sp³-hybridized carbons (Fsp3) is 0.250. The van der Waals surface area contributed by atoms with Crippen LogP contribution in [0.2, 0.25) is 4.34 Å². The van der Waals surface area contributed by atoms with Crippen LogP contribution in [-0.2, 0) is 0 Å². The Morgan fingerprint density at radius 1 is 1.47 bits per heavy atom. The molecule has 0 bridgehead atoms. The van der Waals surface area contributed by atoms with E-state index in [9.17, 15) is 0 Å². The monoisotopic (exact) mass is 263 g/mol. The quantitative estimate of drug-likeness (QED) is 0.844. The second kappa shape index (κ2) is 5.26. The number of hydrogen-bond donors (Lipinski definition) is 0. The fourth-order valence-corrected chi connectivity index (χ4v) is 2.48. The van der Waals surface area contributed by atoms with E-state index >= 15 is 0 Å². The highest BCUT2D eigenvalue weighted by molar-refractivity contribution is 7.19. The van der Waals surface area contributed by atoms with Crippen molar-refractivity contribution in [3.05, 3.63) is 34.6 Å². The second-order valence-corrected chi connectivity index (χ2v) is 5.21. The lowest BCUT2D eigenvalue weighted by atomic mass is 10.1. The predicted molar refractivity (Wildman–Crippen MR) is 69.0 cm³/mol. The molecule has 0 saturated carbocycles. The third kappa shape index (κ3) is 2.63. The molecule has 0 amide bonds. The van der Waals surface area contributed by atoms with Gasteiger partial charge in [-0.15, -0.1) is 11.3 Å². The maximum absolute atomic E-state index is 9.00. The van der Waals surface area contributed by atoms with E-state index in [2.05, 4.69) is 16.0 Å². The van der Waals surface area contributed by atoms with E-state index in [0.29, 0.717) is 12.2 Å². The molecule has 3 nitrogen and oxygen atoms in total. The summed E-state index contributed by atoms with van der Waals surface area (Å²) < 4.78 is 0.729. The summed E-state index contributed by atoms with van der Waals surface area (Å²) in [6, 6.07) is 7.79. The summed E-state index contributed by atoms with van der Waals surface area (Å²) >= 11 is 7.36. The minimum Gasteiger partial charge on any atom is -0.240 e. The molecule has 2 rings (SSSR count). The molecule has 0 aliphatic carbocycles. The van der Waals surface area contributed by atoms with Gasteiger partial charge in [0.1, 0.15) is 11.7 Å². The van der Waals surface area contributed by atoms with E-state index in [1.54, 1.807) is 6.20 Å². The highest BCUT2D eigenvalue weighted by Crippen LogP contribution is 2.30. The molecule has 0 N–H and O–H groups in total. The third-order valence-electron chi connectivity index (χ3n) is 2.38. The van der Waals surface area contributed by atoms with E-state index in [0.717, 1.165) is 14.9 Å². The number of nitrogens with zero attached hydrogens (tertiary/aromatic N) is 3. The minimum atomic E-state index is -0.245. The first-order valence-electron chi connectivity index (χ1n) is 5.23. The maximum Gasteiger partial charge on any atom is 0.146 e. The number of rotatable bonds is 3. The highest BCUT2D eigenvalue weighted by Gasteiger charge is 2.12. The summed E-state index contributed by atoms with van der Waals surface area (Å²) in [5, 5.41) is 9.00. The van der Waals surface area contributed by atoms with Gasteiger partial charge < -0.3 is 0 Å². The van der Waals surface area contributed by atoms with Crippen molar-refractivity contribution in [2.24, 2.45) is 0 Å². The molecule has 0 radical (unpaired) electrons. The second-order valence-electron chi connectivity index (χ2n) is 3.49. The van der Waals surface area contributed by atoms with Crippen molar-refractivity contribution in [1.29, 1.82) is 5.26 Å². The van der Waals surface area contributed by atoms with E-state index in [1.165, 1.54) is 11.3 Å². The van der Waals surface area contributed by atoms with Crippen LogP contribution in [0.15, 0.2) is 24.4 Å². The largest absolute Gasteiger partial charge is 0.240 e. The Morgan fingerprint density at radius 2 is 2.29 bits per heavy atom. The van der Waals surface area contributed by atoms with Gasteiger partial charge in [-0.3, -0.25) is 0 Å². The zero-order valence-corrected chi connectivity index (χ0v) is 10.8. The first-order chi connectivity index (χ1) is 8.24. The molecule has 0 fully saturated rings. The van der Waals surface area contributed by atoms with Gasteiger partial charge in [-0.2, -0.15) is 5.26 Å². The van der Waals surface area contributed by atoms with E-state index < -0.39 is 0 Å².